The van der Waals surface area contributed by atoms with Crippen LogP contribution in [0.3, 0.4) is 0 Å². The van der Waals surface area contributed by atoms with E-state index in [4.69, 9.17) is 0 Å². The molecule has 4 rings (SSSR count). The number of hydrogen-bond acceptors (Lipinski definition) is 4. The average Bonchev–Trinajstić information content (AvgIpc) is 3.16. The molecule has 1 amide bonds. The first kappa shape index (κ1) is 17.7. The minimum absolute atomic E-state index is 0.0521. The lowest BCUT2D eigenvalue weighted by molar-refractivity contribution is -0.135. The number of carbonyl (C=O) groups excluding carboxylic acids is 1. The number of para-hydroxylation sites is 1. The zero-order chi connectivity index (χ0) is 19.0. The molecule has 0 N–H and O–H groups in total. The Morgan fingerprint density at radius 1 is 1.15 bits per heavy atom. The van der Waals surface area contributed by atoms with Gasteiger partial charge in [0.2, 0.25) is 5.91 Å². The van der Waals surface area contributed by atoms with E-state index in [0.29, 0.717) is 15.9 Å². The van der Waals surface area contributed by atoms with Crippen molar-refractivity contribution in [3.05, 3.63) is 62.6 Å². The fourth-order valence-corrected chi connectivity index (χ4v) is 4.56. The Hall–Kier alpha value is -2.67. The molecule has 0 spiro atoms. The van der Waals surface area contributed by atoms with Gasteiger partial charge in [0, 0.05) is 12.6 Å². The second-order valence-corrected chi connectivity index (χ2v) is 7.83. The van der Waals surface area contributed by atoms with E-state index < -0.39 is 5.69 Å². The average molecular weight is 383 g/mol. The Balaban J connectivity index is 1.83. The number of carbonyl (C=O) groups is 1. The quantitative estimate of drug-likeness (QED) is 0.698. The first-order valence-corrected chi connectivity index (χ1v) is 10.0. The van der Waals surface area contributed by atoms with Gasteiger partial charge in [0.15, 0.2) is 0 Å². The third-order valence-corrected chi connectivity index (χ3v) is 6.08. The van der Waals surface area contributed by atoms with Crippen LogP contribution < -0.4 is 11.2 Å². The Labute approximate surface area is 160 Å². The molecule has 1 fully saturated rings. The highest BCUT2D eigenvalue weighted by Gasteiger charge is 2.25. The molecule has 6 nitrogen and oxygen atoms in total. The summed E-state index contributed by atoms with van der Waals surface area (Å²) in [5.74, 6) is -0.0740. The van der Waals surface area contributed by atoms with Crippen LogP contribution in [0, 0.1) is 0 Å². The minimum Gasteiger partial charge on any atom is -0.338 e. The monoisotopic (exact) mass is 383 g/mol. The second kappa shape index (κ2) is 7.15. The number of hydrogen-bond donors (Lipinski definition) is 0. The molecule has 1 saturated heterocycles. The molecule has 3 heterocycles. The molecular formula is C20H21N3O3S. The van der Waals surface area contributed by atoms with Crippen molar-refractivity contribution >= 4 is 27.5 Å². The SMILES string of the molecule is CC1CCCCN1C(=O)Cn1c(=O)n(-c2ccccc2)c(=O)c2sccc21. The van der Waals surface area contributed by atoms with Crippen LogP contribution in [0.5, 0.6) is 0 Å². The standard InChI is InChI=1S/C20H21N3O3S/c1-14-7-5-6-11-21(14)17(24)13-22-16-10-12-27-18(16)19(25)23(20(22)26)15-8-3-2-4-9-15/h2-4,8-10,12,14H,5-7,11,13H2,1H3. The summed E-state index contributed by atoms with van der Waals surface area (Å²) in [5, 5.41) is 1.78. The van der Waals surface area contributed by atoms with Crippen molar-refractivity contribution in [3.63, 3.8) is 0 Å². The van der Waals surface area contributed by atoms with Crippen LogP contribution in [-0.2, 0) is 11.3 Å². The molecule has 3 aromatic rings. The predicted octanol–water partition coefficient (Wildman–Crippen LogP) is 2.61. The van der Waals surface area contributed by atoms with Crippen LogP contribution in [0.4, 0.5) is 0 Å². The Morgan fingerprint density at radius 3 is 2.67 bits per heavy atom. The van der Waals surface area contributed by atoms with E-state index in [-0.39, 0.29) is 24.1 Å². The number of amides is 1. The number of likely N-dealkylation sites (tertiary alicyclic amines) is 1. The zero-order valence-corrected chi connectivity index (χ0v) is 15.9. The van der Waals surface area contributed by atoms with Gasteiger partial charge in [-0.25, -0.2) is 9.36 Å². The van der Waals surface area contributed by atoms with Crippen molar-refractivity contribution in [2.24, 2.45) is 0 Å². The van der Waals surface area contributed by atoms with E-state index in [1.54, 1.807) is 35.7 Å². The number of fused-ring (bicyclic) bond motifs is 1. The first-order chi connectivity index (χ1) is 13.1. The summed E-state index contributed by atoms with van der Waals surface area (Å²) >= 11 is 1.29. The third-order valence-electron chi connectivity index (χ3n) is 5.19. The van der Waals surface area contributed by atoms with Gasteiger partial charge in [-0.3, -0.25) is 14.2 Å². The molecule has 0 aliphatic carbocycles. The van der Waals surface area contributed by atoms with Gasteiger partial charge in [-0.05, 0) is 49.8 Å². The van der Waals surface area contributed by atoms with Crippen molar-refractivity contribution in [2.75, 3.05) is 6.54 Å². The number of piperidine rings is 1. The smallest absolute Gasteiger partial charge is 0.336 e. The predicted molar refractivity (Wildman–Crippen MR) is 107 cm³/mol. The van der Waals surface area contributed by atoms with Gasteiger partial charge in [0.1, 0.15) is 11.2 Å². The number of benzene rings is 1. The molecular weight excluding hydrogens is 362 g/mol. The molecule has 2 aromatic heterocycles. The number of aromatic nitrogens is 2. The van der Waals surface area contributed by atoms with Crippen molar-refractivity contribution in [3.8, 4) is 5.69 Å². The highest BCUT2D eigenvalue weighted by molar-refractivity contribution is 7.17. The van der Waals surface area contributed by atoms with Gasteiger partial charge >= 0.3 is 5.69 Å². The lowest BCUT2D eigenvalue weighted by atomic mass is 10.0. The van der Waals surface area contributed by atoms with Crippen molar-refractivity contribution in [1.82, 2.24) is 14.0 Å². The maximum absolute atomic E-state index is 13.2. The molecule has 0 radical (unpaired) electrons. The van der Waals surface area contributed by atoms with Gasteiger partial charge in [-0.2, -0.15) is 0 Å². The topological polar surface area (TPSA) is 64.3 Å². The van der Waals surface area contributed by atoms with Crippen LogP contribution in [-0.4, -0.2) is 32.5 Å². The van der Waals surface area contributed by atoms with E-state index in [2.05, 4.69) is 0 Å². The van der Waals surface area contributed by atoms with E-state index in [0.717, 1.165) is 30.4 Å². The number of thiophene rings is 1. The maximum Gasteiger partial charge on any atom is 0.336 e. The summed E-state index contributed by atoms with van der Waals surface area (Å²) in [6.45, 7) is 2.72. The fourth-order valence-electron chi connectivity index (χ4n) is 3.74. The summed E-state index contributed by atoms with van der Waals surface area (Å²) in [6.07, 6.45) is 3.10. The van der Waals surface area contributed by atoms with Crippen molar-refractivity contribution < 1.29 is 4.79 Å². The van der Waals surface area contributed by atoms with Crippen LogP contribution in [0.1, 0.15) is 26.2 Å². The van der Waals surface area contributed by atoms with Crippen LogP contribution >= 0.6 is 11.3 Å². The molecule has 1 unspecified atom stereocenters. The van der Waals surface area contributed by atoms with Gasteiger partial charge in [-0.15, -0.1) is 11.3 Å². The van der Waals surface area contributed by atoms with Crippen LogP contribution in [0.15, 0.2) is 51.4 Å². The minimum atomic E-state index is -0.477. The highest BCUT2D eigenvalue weighted by atomic mass is 32.1. The molecule has 1 aromatic carbocycles. The molecule has 140 valence electrons. The van der Waals surface area contributed by atoms with Crippen LogP contribution in [0.2, 0.25) is 0 Å². The molecule has 7 heteroatoms. The summed E-state index contributed by atoms with van der Waals surface area (Å²) in [7, 11) is 0. The molecule has 27 heavy (non-hydrogen) atoms. The van der Waals surface area contributed by atoms with Crippen molar-refractivity contribution in [1.29, 1.82) is 0 Å². The van der Waals surface area contributed by atoms with E-state index in [1.807, 2.05) is 17.9 Å². The highest BCUT2D eigenvalue weighted by Crippen LogP contribution is 2.19. The summed E-state index contributed by atoms with van der Waals surface area (Å²) in [6, 6.07) is 10.8. The van der Waals surface area contributed by atoms with Crippen molar-refractivity contribution in [2.45, 2.75) is 38.8 Å². The number of nitrogens with zero attached hydrogens (tertiary/aromatic N) is 3. The van der Waals surface area contributed by atoms with Crippen LogP contribution in [0.25, 0.3) is 15.9 Å². The molecule has 0 bridgehead atoms. The second-order valence-electron chi connectivity index (χ2n) is 6.91. The summed E-state index contributed by atoms with van der Waals surface area (Å²) in [5.41, 5.74) is 0.219. The molecule has 1 aliphatic heterocycles. The Morgan fingerprint density at radius 2 is 1.93 bits per heavy atom. The molecule has 1 atom stereocenters. The normalized spacial score (nSPS) is 17.4. The van der Waals surface area contributed by atoms with E-state index in [1.165, 1.54) is 15.9 Å². The lowest BCUT2D eigenvalue weighted by Crippen LogP contribution is -2.46. The summed E-state index contributed by atoms with van der Waals surface area (Å²) in [4.78, 5) is 40.8. The van der Waals surface area contributed by atoms with Gasteiger partial charge in [-0.1, -0.05) is 18.2 Å². The number of rotatable bonds is 3. The zero-order valence-electron chi connectivity index (χ0n) is 15.1. The van der Waals surface area contributed by atoms with Gasteiger partial charge in [0.05, 0.1) is 11.2 Å². The largest absolute Gasteiger partial charge is 0.338 e. The van der Waals surface area contributed by atoms with Gasteiger partial charge < -0.3 is 4.90 Å². The Bertz CT molecular complexity index is 1100. The van der Waals surface area contributed by atoms with Gasteiger partial charge in [0.25, 0.3) is 5.56 Å². The third kappa shape index (κ3) is 3.12. The maximum atomic E-state index is 13.2. The summed E-state index contributed by atoms with van der Waals surface area (Å²) < 4.78 is 3.08. The Kier molecular flexibility index (Phi) is 4.70. The van der Waals surface area contributed by atoms with E-state index in [9.17, 15) is 14.4 Å². The lowest BCUT2D eigenvalue weighted by Gasteiger charge is -2.33. The van der Waals surface area contributed by atoms with E-state index >= 15 is 0 Å². The molecule has 0 saturated carbocycles. The fraction of sp³-hybridized carbons (Fsp3) is 0.350. The first-order valence-electron chi connectivity index (χ1n) is 9.16. The molecule has 1 aliphatic rings.